The quantitative estimate of drug-likeness (QED) is 0.770. The van der Waals surface area contributed by atoms with E-state index in [4.69, 9.17) is 0 Å². The van der Waals surface area contributed by atoms with E-state index in [1.807, 2.05) is 6.92 Å². The highest BCUT2D eigenvalue weighted by Gasteiger charge is 2.32. The molecule has 1 aliphatic heterocycles. The summed E-state index contributed by atoms with van der Waals surface area (Å²) >= 11 is 0. The number of nitrogens with zero attached hydrogens (tertiary/aromatic N) is 1. The van der Waals surface area contributed by atoms with Crippen molar-refractivity contribution in [3.05, 3.63) is 0 Å². The minimum absolute atomic E-state index is 0.310. The van der Waals surface area contributed by atoms with E-state index >= 15 is 0 Å². The number of piperidine rings is 1. The van der Waals surface area contributed by atoms with Gasteiger partial charge in [-0.3, -0.25) is 0 Å². The molecule has 3 heteroatoms. The highest BCUT2D eigenvalue weighted by Crippen LogP contribution is 2.24. The van der Waals surface area contributed by atoms with Crippen molar-refractivity contribution >= 4 is 0 Å². The molecule has 3 unspecified atom stereocenters. The van der Waals surface area contributed by atoms with Gasteiger partial charge in [0.15, 0.2) is 0 Å². The van der Waals surface area contributed by atoms with Crippen LogP contribution in [0.15, 0.2) is 0 Å². The van der Waals surface area contributed by atoms with Gasteiger partial charge in [-0.05, 0) is 38.8 Å². The van der Waals surface area contributed by atoms with Crippen molar-refractivity contribution in [3.63, 3.8) is 0 Å². The highest BCUT2D eigenvalue weighted by atomic mass is 16.3. The first-order valence-corrected chi connectivity index (χ1v) is 7.02. The first kappa shape index (κ1) is 14.9. The largest absolute Gasteiger partial charge is 0.389 e. The van der Waals surface area contributed by atoms with Crippen LogP contribution in [0.25, 0.3) is 0 Å². The molecule has 0 aromatic heterocycles. The van der Waals surface area contributed by atoms with Gasteiger partial charge in [0, 0.05) is 19.1 Å². The Kier molecular flexibility index (Phi) is 5.42. The van der Waals surface area contributed by atoms with Crippen LogP contribution in [0.5, 0.6) is 0 Å². The Bertz CT molecular complexity index is 228. The molecule has 3 atom stereocenters. The Morgan fingerprint density at radius 1 is 1.47 bits per heavy atom. The number of nitrogens with one attached hydrogen (secondary N) is 1. The maximum atomic E-state index is 10.4. The zero-order valence-electron chi connectivity index (χ0n) is 12.2. The van der Waals surface area contributed by atoms with Crippen molar-refractivity contribution in [3.8, 4) is 0 Å². The summed E-state index contributed by atoms with van der Waals surface area (Å²) < 4.78 is 0. The molecule has 0 aromatic rings. The summed E-state index contributed by atoms with van der Waals surface area (Å²) in [6, 6.07) is 0.653. The Balaban J connectivity index is 2.53. The van der Waals surface area contributed by atoms with Crippen LogP contribution in [0.4, 0.5) is 0 Å². The number of hydrogen-bond donors (Lipinski definition) is 2. The fourth-order valence-electron chi connectivity index (χ4n) is 2.68. The molecule has 0 spiro atoms. The average molecular weight is 242 g/mol. The van der Waals surface area contributed by atoms with Gasteiger partial charge in [-0.15, -0.1) is 0 Å². The van der Waals surface area contributed by atoms with Crippen molar-refractivity contribution in [2.45, 2.75) is 52.2 Å². The van der Waals surface area contributed by atoms with E-state index in [-0.39, 0.29) is 0 Å². The predicted octanol–water partition coefficient (Wildman–Crippen LogP) is 1.71. The van der Waals surface area contributed by atoms with Crippen molar-refractivity contribution in [1.82, 2.24) is 10.2 Å². The van der Waals surface area contributed by atoms with E-state index in [9.17, 15) is 5.11 Å². The third-order valence-corrected chi connectivity index (χ3v) is 4.50. The van der Waals surface area contributed by atoms with Gasteiger partial charge in [-0.2, -0.15) is 0 Å². The summed E-state index contributed by atoms with van der Waals surface area (Å²) in [6.45, 7) is 11.4. The van der Waals surface area contributed by atoms with Gasteiger partial charge in [0.05, 0.1) is 5.60 Å². The van der Waals surface area contributed by atoms with Gasteiger partial charge < -0.3 is 15.3 Å². The summed E-state index contributed by atoms with van der Waals surface area (Å²) in [6.07, 6.45) is 2.41. The topological polar surface area (TPSA) is 35.5 Å². The molecule has 0 saturated carbocycles. The van der Waals surface area contributed by atoms with E-state index < -0.39 is 5.60 Å². The average Bonchev–Trinajstić information content (AvgIpc) is 2.28. The first-order chi connectivity index (χ1) is 7.90. The normalized spacial score (nSPS) is 30.5. The summed E-state index contributed by atoms with van der Waals surface area (Å²) in [5, 5.41) is 13.8. The summed E-state index contributed by atoms with van der Waals surface area (Å²) in [5.74, 6) is 1.03. The molecular weight excluding hydrogens is 212 g/mol. The van der Waals surface area contributed by atoms with Crippen LogP contribution in [0.3, 0.4) is 0 Å². The van der Waals surface area contributed by atoms with Crippen LogP contribution in [0.2, 0.25) is 0 Å². The Morgan fingerprint density at radius 3 is 2.59 bits per heavy atom. The van der Waals surface area contributed by atoms with E-state index in [1.54, 1.807) is 0 Å². The number of hydrogen-bond acceptors (Lipinski definition) is 3. The molecule has 1 rings (SSSR count). The lowest BCUT2D eigenvalue weighted by molar-refractivity contribution is -0.0308. The number of β-amino-alcohol motifs (C(OH)–C–C–N with tert-alkyl or cyclic N) is 1. The van der Waals surface area contributed by atoms with E-state index in [1.165, 1.54) is 12.8 Å². The summed E-state index contributed by atoms with van der Waals surface area (Å²) in [5.41, 5.74) is -0.565. The minimum Gasteiger partial charge on any atom is -0.389 e. The maximum Gasteiger partial charge on any atom is 0.0768 e. The van der Waals surface area contributed by atoms with Crippen LogP contribution < -0.4 is 5.32 Å². The van der Waals surface area contributed by atoms with Gasteiger partial charge in [0.1, 0.15) is 0 Å². The van der Waals surface area contributed by atoms with Crippen molar-refractivity contribution < 1.29 is 5.11 Å². The molecule has 102 valence electrons. The van der Waals surface area contributed by atoms with Crippen LogP contribution in [0.1, 0.15) is 40.5 Å². The molecule has 1 aliphatic rings. The summed E-state index contributed by atoms with van der Waals surface area (Å²) in [7, 11) is 2.06. The van der Waals surface area contributed by atoms with Crippen molar-refractivity contribution in [1.29, 1.82) is 0 Å². The molecular formula is C14H30N2O. The Labute approximate surface area is 107 Å². The SMILES string of the molecule is CCC1CN(CC(C)(O)C(C)C)CCC1NC. The van der Waals surface area contributed by atoms with Gasteiger partial charge >= 0.3 is 0 Å². The first-order valence-electron chi connectivity index (χ1n) is 7.02. The second-order valence-corrected chi connectivity index (χ2v) is 6.10. The molecule has 1 fully saturated rings. The molecule has 2 N–H and O–H groups in total. The van der Waals surface area contributed by atoms with E-state index in [2.05, 4.69) is 38.0 Å². The molecule has 1 saturated heterocycles. The second-order valence-electron chi connectivity index (χ2n) is 6.10. The monoisotopic (exact) mass is 242 g/mol. The van der Waals surface area contributed by atoms with E-state index in [0.29, 0.717) is 12.0 Å². The van der Waals surface area contributed by atoms with Gasteiger partial charge in [-0.25, -0.2) is 0 Å². The van der Waals surface area contributed by atoms with Crippen molar-refractivity contribution in [2.75, 3.05) is 26.7 Å². The number of aliphatic hydroxyl groups is 1. The lowest BCUT2D eigenvalue weighted by atomic mass is 9.87. The van der Waals surface area contributed by atoms with Crippen molar-refractivity contribution in [2.24, 2.45) is 11.8 Å². The van der Waals surface area contributed by atoms with Gasteiger partial charge in [0.25, 0.3) is 0 Å². The van der Waals surface area contributed by atoms with Gasteiger partial charge in [0.2, 0.25) is 0 Å². The molecule has 0 radical (unpaired) electrons. The lowest BCUT2D eigenvalue weighted by Gasteiger charge is -2.42. The predicted molar refractivity (Wildman–Crippen MR) is 73.1 cm³/mol. The molecule has 17 heavy (non-hydrogen) atoms. The van der Waals surface area contributed by atoms with Crippen LogP contribution in [-0.2, 0) is 0 Å². The number of likely N-dealkylation sites (tertiary alicyclic amines) is 1. The summed E-state index contributed by atoms with van der Waals surface area (Å²) in [4.78, 5) is 2.43. The molecule has 3 nitrogen and oxygen atoms in total. The zero-order chi connectivity index (χ0) is 13.1. The van der Waals surface area contributed by atoms with Crippen LogP contribution in [0, 0.1) is 11.8 Å². The van der Waals surface area contributed by atoms with Crippen LogP contribution >= 0.6 is 0 Å². The fraction of sp³-hybridized carbons (Fsp3) is 1.00. The highest BCUT2D eigenvalue weighted by molar-refractivity contribution is 4.88. The molecule has 0 amide bonds. The lowest BCUT2D eigenvalue weighted by Crippen LogP contribution is -2.53. The Hall–Kier alpha value is -0.120. The third kappa shape index (κ3) is 3.94. The fourth-order valence-corrected chi connectivity index (χ4v) is 2.68. The second kappa shape index (κ2) is 6.17. The van der Waals surface area contributed by atoms with Crippen LogP contribution in [-0.4, -0.2) is 48.3 Å². The maximum absolute atomic E-state index is 10.4. The number of rotatable bonds is 5. The molecule has 0 aliphatic carbocycles. The molecule has 0 aromatic carbocycles. The Morgan fingerprint density at radius 2 is 2.12 bits per heavy atom. The smallest absolute Gasteiger partial charge is 0.0768 e. The zero-order valence-corrected chi connectivity index (χ0v) is 12.2. The third-order valence-electron chi connectivity index (χ3n) is 4.50. The van der Waals surface area contributed by atoms with Gasteiger partial charge in [-0.1, -0.05) is 27.2 Å². The minimum atomic E-state index is -0.565. The molecule has 1 heterocycles. The standard InChI is InChI=1S/C14H30N2O/c1-6-12-9-16(8-7-13(12)15-5)10-14(4,17)11(2)3/h11-13,15,17H,6-10H2,1-5H3. The van der Waals surface area contributed by atoms with E-state index in [0.717, 1.165) is 25.6 Å². The molecule has 0 bridgehead atoms.